The summed E-state index contributed by atoms with van der Waals surface area (Å²) in [7, 11) is 1.53. The van der Waals surface area contributed by atoms with Gasteiger partial charge < -0.3 is 10.0 Å². The molecule has 62 valence electrons. The largest absolute Gasteiger partial charge is 0.480 e. The fourth-order valence-electron chi connectivity index (χ4n) is 0.882. The highest BCUT2D eigenvalue weighted by Crippen LogP contribution is 2.15. The monoisotopic (exact) mass is 175 g/mol. The fourth-order valence-corrected chi connectivity index (χ4v) is 1.97. The van der Waals surface area contributed by atoms with Crippen molar-refractivity contribution >= 4 is 23.6 Å². The zero-order valence-electron chi connectivity index (χ0n) is 6.11. The zero-order chi connectivity index (χ0) is 8.43. The molecule has 1 N–H and O–H groups in total. The number of amides is 1. The van der Waals surface area contributed by atoms with E-state index < -0.39 is 12.0 Å². The Morgan fingerprint density at radius 2 is 2.45 bits per heavy atom. The Balaban J connectivity index is 2.65. The maximum absolute atomic E-state index is 11.0. The van der Waals surface area contributed by atoms with E-state index in [0.717, 1.165) is 0 Å². The number of carbonyl (C=O) groups excluding carboxylic acids is 1. The van der Waals surface area contributed by atoms with Crippen molar-refractivity contribution in [2.24, 2.45) is 0 Å². The van der Waals surface area contributed by atoms with Crippen molar-refractivity contribution < 1.29 is 14.7 Å². The molecule has 1 unspecified atom stereocenters. The van der Waals surface area contributed by atoms with Crippen LogP contribution in [0.2, 0.25) is 0 Å². The van der Waals surface area contributed by atoms with Gasteiger partial charge in [-0.1, -0.05) is 0 Å². The molecule has 1 fully saturated rings. The first-order chi connectivity index (χ1) is 5.13. The molecule has 1 heterocycles. The first kappa shape index (κ1) is 8.39. The van der Waals surface area contributed by atoms with Crippen molar-refractivity contribution in [2.75, 3.05) is 18.6 Å². The van der Waals surface area contributed by atoms with Crippen LogP contribution in [0.4, 0.5) is 0 Å². The number of carboxylic acid groups (broad SMARTS) is 1. The van der Waals surface area contributed by atoms with Crippen LogP contribution in [-0.4, -0.2) is 46.5 Å². The second kappa shape index (κ2) is 3.13. The third kappa shape index (κ3) is 1.65. The molecule has 11 heavy (non-hydrogen) atoms. The van der Waals surface area contributed by atoms with Gasteiger partial charge >= 0.3 is 5.97 Å². The third-order valence-corrected chi connectivity index (χ3v) is 2.65. The van der Waals surface area contributed by atoms with Crippen LogP contribution in [0.25, 0.3) is 0 Å². The molecule has 4 nitrogen and oxygen atoms in total. The van der Waals surface area contributed by atoms with Gasteiger partial charge in [0, 0.05) is 12.8 Å². The summed E-state index contributed by atoms with van der Waals surface area (Å²) in [6.07, 6.45) is 0. The Morgan fingerprint density at radius 3 is 2.91 bits per heavy atom. The number of aliphatic carboxylic acids is 1. The lowest BCUT2D eigenvalue weighted by Crippen LogP contribution is -2.48. The number of carbonyl (C=O) groups is 2. The zero-order valence-corrected chi connectivity index (χ0v) is 6.93. The molecule has 1 aliphatic heterocycles. The number of hydrogen-bond donors (Lipinski definition) is 1. The Labute approximate surface area is 68.6 Å². The smallest absolute Gasteiger partial charge is 0.327 e. The Hall–Kier alpha value is -0.710. The van der Waals surface area contributed by atoms with Crippen LogP contribution in [0.3, 0.4) is 0 Å². The van der Waals surface area contributed by atoms with E-state index in [4.69, 9.17) is 5.11 Å². The second-order valence-electron chi connectivity index (χ2n) is 2.37. The molecule has 1 atom stereocenters. The van der Waals surface area contributed by atoms with Crippen LogP contribution in [0.15, 0.2) is 0 Å². The van der Waals surface area contributed by atoms with Crippen LogP contribution in [-0.2, 0) is 9.59 Å². The van der Waals surface area contributed by atoms with Crippen molar-refractivity contribution in [2.45, 2.75) is 6.04 Å². The van der Waals surface area contributed by atoms with Crippen molar-refractivity contribution in [1.29, 1.82) is 0 Å². The molecule has 1 saturated heterocycles. The summed E-state index contributed by atoms with van der Waals surface area (Å²) in [4.78, 5) is 22.7. The third-order valence-electron chi connectivity index (χ3n) is 1.65. The molecule has 1 amide bonds. The average molecular weight is 175 g/mol. The molecule has 0 aromatic carbocycles. The SMILES string of the molecule is CN1C(=O)CSCC1C(=O)O. The molecule has 0 saturated carbocycles. The van der Waals surface area contributed by atoms with Crippen LogP contribution in [0.5, 0.6) is 0 Å². The normalized spacial score (nSPS) is 25.4. The van der Waals surface area contributed by atoms with Crippen LogP contribution in [0.1, 0.15) is 0 Å². The number of likely N-dealkylation sites (N-methyl/N-ethyl adjacent to an activating group) is 1. The van der Waals surface area contributed by atoms with E-state index in [-0.39, 0.29) is 5.91 Å². The van der Waals surface area contributed by atoms with E-state index in [0.29, 0.717) is 11.5 Å². The van der Waals surface area contributed by atoms with Gasteiger partial charge in [0.25, 0.3) is 0 Å². The number of rotatable bonds is 1. The lowest BCUT2D eigenvalue weighted by atomic mass is 10.3. The Morgan fingerprint density at radius 1 is 1.82 bits per heavy atom. The molecule has 5 heteroatoms. The highest BCUT2D eigenvalue weighted by atomic mass is 32.2. The number of hydrogen-bond acceptors (Lipinski definition) is 3. The van der Waals surface area contributed by atoms with Gasteiger partial charge in [-0.25, -0.2) is 4.79 Å². The molecule has 0 spiro atoms. The van der Waals surface area contributed by atoms with Gasteiger partial charge in [0.05, 0.1) is 5.75 Å². The lowest BCUT2D eigenvalue weighted by Gasteiger charge is -2.28. The van der Waals surface area contributed by atoms with Gasteiger partial charge in [0.2, 0.25) is 5.91 Å². The fraction of sp³-hybridized carbons (Fsp3) is 0.667. The Bertz CT molecular complexity index is 194. The predicted molar refractivity (Wildman–Crippen MR) is 41.5 cm³/mol. The second-order valence-corrected chi connectivity index (χ2v) is 3.40. The van der Waals surface area contributed by atoms with Gasteiger partial charge in [-0.3, -0.25) is 4.79 Å². The van der Waals surface area contributed by atoms with E-state index in [1.807, 2.05) is 0 Å². The Kier molecular flexibility index (Phi) is 2.38. The summed E-state index contributed by atoms with van der Waals surface area (Å²) < 4.78 is 0. The van der Waals surface area contributed by atoms with E-state index >= 15 is 0 Å². The molecule has 0 bridgehead atoms. The maximum Gasteiger partial charge on any atom is 0.327 e. The minimum absolute atomic E-state index is 0.103. The van der Waals surface area contributed by atoms with Gasteiger partial charge in [0.15, 0.2) is 0 Å². The van der Waals surface area contributed by atoms with Crippen molar-refractivity contribution in [3.63, 3.8) is 0 Å². The van der Waals surface area contributed by atoms with Crippen LogP contribution >= 0.6 is 11.8 Å². The molecule has 0 radical (unpaired) electrons. The summed E-state index contributed by atoms with van der Waals surface area (Å²) >= 11 is 1.37. The van der Waals surface area contributed by atoms with Crippen molar-refractivity contribution in [1.82, 2.24) is 4.90 Å². The lowest BCUT2D eigenvalue weighted by molar-refractivity contribution is -0.147. The molecule has 1 rings (SSSR count). The standard InChI is InChI=1S/C6H9NO3S/c1-7-4(6(9)10)2-11-3-5(7)8/h4H,2-3H2,1H3,(H,9,10). The number of carboxylic acids is 1. The highest BCUT2D eigenvalue weighted by Gasteiger charge is 2.30. The summed E-state index contributed by atoms with van der Waals surface area (Å²) in [6, 6.07) is -0.638. The molecular weight excluding hydrogens is 166 g/mol. The summed E-state index contributed by atoms with van der Waals surface area (Å²) in [6.45, 7) is 0. The molecule has 1 aliphatic rings. The minimum Gasteiger partial charge on any atom is -0.480 e. The predicted octanol–water partition coefficient (Wildman–Crippen LogP) is -0.355. The number of nitrogens with zero attached hydrogens (tertiary/aromatic N) is 1. The minimum atomic E-state index is -0.923. The summed E-state index contributed by atoms with van der Waals surface area (Å²) in [5, 5.41) is 8.62. The topological polar surface area (TPSA) is 57.6 Å². The first-order valence-corrected chi connectivity index (χ1v) is 4.34. The summed E-state index contributed by atoms with van der Waals surface area (Å²) in [5.41, 5.74) is 0. The van der Waals surface area contributed by atoms with Crippen LogP contribution < -0.4 is 0 Å². The highest BCUT2D eigenvalue weighted by molar-refractivity contribution is 8.00. The van der Waals surface area contributed by atoms with E-state index in [2.05, 4.69) is 0 Å². The van der Waals surface area contributed by atoms with E-state index in [1.165, 1.54) is 23.7 Å². The molecular formula is C6H9NO3S. The quantitative estimate of drug-likeness (QED) is 0.591. The van der Waals surface area contributed by atoms with E-state index in [1.54, 1.807) is 0 Å². The van der Waals surface area contributed by atoms with Crippen molar-refractivity contribution in [3.05, 3.63) is 0 Å². The number of thioether (sulfide) groups is 1. The molecule has 0 aliphatic carbocycles. The maximum atomic E-state index is 11.0. The summed E-state index contributed by atoms with van der Waals surface area (Å²) in [5.74, 6) is -0.126. The van der Waals surface area contributed by atoms with Crippen LogP contribution in [0, 0.1) is 0 Å². The molecule has 0 aromatic rings. The van der Waals surface area contributed by atoms with E-state index in [9.17, 15) is 9.59 Å². The van der Waals surface area contributed by atoms with Gasteiger partial charge in [-0.2, -0.15) is 0 Å². The van der Waals surface area contributed by atoms with Gasteiger partial charge in [-0.05, 0) is 0 Å². The van der Waals surface area contributed by atoms with Gasteiger partial charge in [0.1, 0.15) is 6.04 Å². The first-order valence-electron chi connectivity index (χ1n) is 3.19. The van der Waals surface area contributed by atoms with Gasteiger partial charge in [-0.15, -0.1) is 11.8 Å². The molecule has 0 aromatic heterocycles. The average Bonchev–Trinajstić information content (AvgIpc) is 1.94. The van der Waals surface area contributed by atoms with Crippen molar-refractivity contribution in [3.8, 4) is 0 Å².